The third-order valence-electron chi connectivity index (χ3n) is 4.39. The Labute approximate surface area is 148 Å². The van der Waals surface area contributed by atoms with E-state index in [1.807, 2.05) is 45.0 Å². The van der Waals surface area contributed by atoms with Crippen LogP contribution in [-0.4, -0.2) is 42.8 Å². The Hall–Kier alpha value is -2.24. The van der Waals surface area contributed by atoms with Gasteiger partial charge in [0.1, 0.15) is 23.8 Å². The van der Waals surface area contributed by atoms with E-state index in [2.05, 4.69) is 0 Å². The van der Waals surface area contributed by atoms with Crippen LogP contribution in [0.3, 0.4) is 0 Å². The van der Waals surface area contributed by atoms with Crippen molar-refractivity contribution in [1.82, 2.24) is 4.90 Å². The molecule has 2 heterocycles. The largest absolute Gasteiger partial charge is 0.487 e. The van der Waals surface area contributed by atoms with Gasteiger partial charge in [-0.25, -0.2) is 4.79 Å². The lowest BCUT2D eigenvalue weighted by molar-refractivity contribution is -0.149. The molecular formula is C19H25NO5. The molecule has 0 saturated carbocycles. The number of hydrogen-bond acceptors (Lipinski definition) is 5. The van der Waals surface area contributed by atoms with Gasteiger partial charge in [0, 0.05) is 12.1 Å². The van der Waals surface area contributed by atoms with Crippen LogP contribution >= 0.6 is 0 Å². The van der Waals surface area contributed by atoms with Crippen molar-refractivity contribution < 1.29 is 23.8 Å². The maximum absolute atomic E-state index is 12.7. The standard InChI is InChI=1S/C19H25NO5/c1-5-23-17(21)13-10-20(18(22)24-11-19(2,3)4)15-12-8-6-7-9-14(12)25-16(13)15/h6-9,13,15-16H,5,10-11H2,1-4H3/t13-,15+,16+/m1/s1. The van der Waals surface area contributed by atoms with E-state index in [9.17, 15) is 9.59 Å². The number of para-hydroxylation sites is 1. The molecule has 1 aromatic rings. The topological polar surface area (TPSA) is 65.1 Å². The van der Waals surface area contributed by atoms with Crippen molar-refractivity contribution in [3.8, 4) is 5.75 Å². The van der Waals surface area contributed by atoms with Crippen LogP contribution in [0.25, 0.3) is 0 Å². The summed E-state index contributed by atoms with van der Waals surface area (Å²) in [4.78, 5) is 26.6. The predicted molar refractivity (Wildman–Crippen MR) is 91.2 cm³/mol. The summed E-state index contributed by atoms with van der Waals surface area (Å²) < 4.78 is 16.6. The Balaban J connectivity index is 1.85. The predicted octanol–water partition coefficient (Wildman–Crippen LogP) is 3.17. The lowest BCUT2D eigenvalue weighted by Gasteiger charge is -2.25. The van der Waals surface area contributed by atoms with Gasteiger partial charge in [-0.15, -0.1) is 0 Å². The van der Waals surface area contributed by atoms with Gasteiger partial charge in [-0.3, -0.25) is 9.69 Å². The monoisotopic (exact) mass is 347 g/mol. The summed E-state index contributed by atoms with van der Waals surface area (Å²) in [7, 11) is 0. The van der Waals surface area contributed by atoms with E-state index in [0.717, 1.165) is 5.56 Å². The molecule has 0 radical (unpaired) electrons. The first-order chi connectivity index (χ1) is 11.8. The molecule has 1 amide bonds. The van der Waals surface area contributed by atoms with E-state index in [1.54, 1.807) is 11.8 Å². The molecule has 0 spiro atoms. The Morgan fingerprint density at radius 3 is 2.64 bits per heavy atom. The third kappa shape index (κ3) is 3.43. The second kappa shape index (κ2) is 6.58. The number of esters is 1. The number of carbonyl (C=O) groups is 2. The van der Waals surface area contributed by atoms with Crippen molar-refractivity contribution >= 4 is 12.1 Å². The van der Waals surface area contributed by atoms with Crippen LogP contribution in [0.2, 0.25) is 0 Å². The van der Waals surface area contributed by atoms with Crippen molar-refractivity contribution in [2.75, 3.05) is 19.8 Å². The van der Waals surface area contributed by atoms with Crippen LogP contribution in [0, 0.1) is 11.3 Å². The zero-order valence-corrected chi connectivity index (χ0v) is 15.2. The first-order valence-electron chi connectivity index (χ1n) is 8.67. The van der Waals surface area contributed by atoms with Gasteiger partial charge in [-0.05, 0) is 18.4 Å². The van der Waals surface area contributed by atoms with E-state index in [4.69, 9.17) is 14.2 Å². The Kier molecular flexibility index (Phi) is 4.62. The highest BCUT2D eigenvalue weighted by Crippen LogP contribution is 2.47. The number of rotatable bonds is 3. The summed E-state index contributed by atoms with van der Waals surface area (Å²) in [6, 6.07) is 7.24. The van der Waals surface area contributed by atoms with Crippen molar-refractivity contribution in [2.24, 2.45) is 11.3 Å². The molecule has 0 N–H and O–H groups in total. The van der Waals surface area contributed by atoms with Crippen molar-refractivity contribution in [1.29, 1.82) is 0 Å². The van der Waals surface area contributed by atoms with Gasteiger partial charge in [0.25, 0.3) is 0 Å². The van der Waals surface area contributed by atoms with Gasteiger partial charge >= 0.3 is 12.1 Å². The fraction of sp³-hybridized carbons (Fsp3) is 0.579. The summed E-state index contributed by atoms with van der Waals surface area (Å²) in [6.07, 6.45) is -0.851. The maximum Gasteiger partial charge on any atom is 0.410 e. The fourth-order valence-electron chi connectivity index (χ4n) is 3.30. The molecule has 1 saturated heterocycles. The number of hydrogen-bond donors (Lipinski definition) is 0. The molecule has 0 aromatic heterocycles. The van der Waals surface area contributed by atoms with Gasteiger partial charge in [-0.1, -0.05) is 39.0 Å². The number of benzene rings is 1. The number of fused-ring (bicyclic) bond motifs is 3. The molecular weight excluding hydrogens is 322 g/mol. The molecule has 2 aliphatic rings. The van der Waals surface area contributed by atoms with Crippen LogP contribution in [0.1, 0.15) is 39.3 Å². The molecule has 0 bridgehead atoms. The SMILES string of the molecule is CCOC(=O)[C@@H]1CN(C(=O)OCC(C)(C)C)[C@H]2c3ccccc3O[C@@H]12. The molecule has 136 valence electrons. The van der Waals surface area contributed by atoms with Crippen LogP contribution in [0.15, 0.2) is 24.3 Å². The molecule has 25 heavy (non-hydrogen) atoms. The number of carbonyl (C=O) groups excluding carboxylic acids is 2. The van der Waals surface area contributed by atoms with E-state index in [1.165, 1.54) is 0 Å². The highest BCUT2D eigenvalue weighted by molar-refractivity contribution is 5.78. The van der Waals surface area contributed by atoms with Crippen LogP contribution < -0.4 is 4.74 Å². The Morgan fingerprint density at radius 2 is 1.96 bits per heavy atom. The minimum Gasteiger partial charge on any atom is -0.487 e. The van der Waals surface area contributed by atoms with Gasteiger partial charge < -0.3 is 14.2 Å². The van der Waals surface area contributed by atoms with Crippen molar-refractivity contribution in [3.63, 3.8) is 0 Å². The van der Waals surface area contributed by atoms with E-state index in [0.29, 0.717) is 19.0 Å². The molecule has 1 aromatic carbocycles. The maximum atomic E-state index is 12.7. The zero-order chi connectivity index (χ0) is 18.2. The second-order valence-corrected chi connectivity index (χ2v) is 7.69. The average Bonchev–Trinajstić information content (AvgIpc) is 3.09. The third-order valence-corrected chi connectivity index (χ3v) is 4.39. The highest BCUT2D eigenvalue weighted by Gasteiger charge is 2.54. The molecule has 3 rings (SSSR count). The van der Waals surface area contributed by atoms with E-state index in [-0.39, 0.29) is 24.0 Å². The smallest absolute Gasteiger partial charge is 0.410 e. The fourth-order valence-corrected chi connectivity index (χ4v) is 3.30. The number of likely N-dealkylation sites (tertiary alicyclic amines) is 1. The average molecular weight is 347 g/mol. The van der Waals surface area contributed by atoms with Gasteiger partial charge in [-0.2, -0.15) is 0 Å². The molecule has 2 aliphatic heterocycles. The number of nitrogens with zero attached hydrogens (tertiary/aromatic N) is 1. The molecule has 1 fully saturated rings. The molecule has 0 unspecified atom stereocenters. The Morgan fingerprint density at radius 1 is 1.24 bits per heavy atom. The molecule has 6 nitrogen and oxygen atoms in total. The van der Waals surface area contributed by atoms with Gasteiger partial charge in [0.2, 0.25) is 0 Å². The van der Waals surface area contributed by atoms with Crippen molar-refractivity contribution in [2.45, 2.75) is 39.8 Å². The van der Waals surface area contributed by atoms with E-state index < -0.39 is 18.1 Å². The quantitative estimate of drug-likeness (QED) is 0.786. The summed E-state index contributed by atoms with van der Waals surface area (Å²) >= 11 is 0. The lowest BCUT2D eigenvalue weighted by atomic mass is 9.98. The minimum absolute atomic E-state index is 0.126. The van der Waals surface area contributed by atoms with E-state index >= 15 is 0 Å². The zero-order valence-electron chi connectivity index (χ0n) is 15.2. The summed E-state index contributed by atoms with van der Waals surface area (Å²) in [5.41, 5.74) is 0.784. The molecule has 3 atom stereocenters. The summed E-state index contributed by atoms with van der Waals surface area (Å²) in [5, 5.41) is 0. The number of ether oxygens (including phenoxy) is 3. The molecule has 6 heteroatoms. The van der Waals surface area contributed by atoms with Crippen LogP contribution in [-0.2, 0) is 14.3 Å². The highest BCUT2D eigenvalue weighted by atomic mass is 16.6. The molecule has 0 aliphatic carbocycles. The first-order valence-corrected chi connectivity index (χ1v) is 8.67. The minimum atomic E-state index is -0.514. The summed E-state index contributed by atoms with van der Waals surface area (Å²) in [6.45, 7) is 8.63. The van der Waals surface area contributed by atoms with Gasteiger partial charge in [0.05, 0.1) is 13.2 Å². The lowest BCUT2D eigenvalue weighted by Crippen LogP contribution is -2.34. The van der Waals surface area contributed by atoms with Crippen LogP contribution in [0.5, 0.6) is 5.75 Å². The van der Waals surface area contributed by atoms with Gasteiger partial charge in [0.15, 0.2) is 0 Å². The van der Waals surface area contributed by atoms with Crippen LogP contribution in [0.4, 0.5) is 4.79 Å². The second-order valence-electron chi connectivity index (χ2n) is 7.69. The van der Waals surface area contributed by atoms with Crippen molar-refractivity contribution in [3.05, 3.63) is 29.8 Å². The normalized spacial score (nSPS) is 24.3. The Bertz CT molecular complexity index is 666. The first kappa shape index (κ1) is 17.6. The number of amides is 1. The summed E-state index contributed by atoms with van der Waals surface area (Å²) in [5.74, 6) is -0.143.